The average molecular weight is 508 g/mol. The number of nitrogens with zero attached hydrogens (tertiary/aromatic N) is 2. The van der Waals surface area contributed by atoms with Gasteiger partial charge in [0.05, 0.1) is 18.8 Å². The molecule has 0 fully saturated rings. The SMILES string of the molecule is CN=C(NCCCOc1ccc2ccccc2c1)NCc1cc(C(C)C)no1.I. The molecule has 7 heteroatoms. The summed E-state index contributed by atoms with van der Waals surface area (Å²) in [4.78, 5) is 4.23. The molecule has 0 amide bonds. The van der Waals surface area contributed by atoms with E-state index in [0.29, 0.717) is 19.1 Å². The molecule has 0 spiro atoms. The van der Waals surface area contributed by atoms with Gasteiger partial charge in [0.2, 0.25) is 0 Å². The monoisotopic (exact) mass is 508 g/mol. The Morgan fingerprint density at radius 3 is 2.62 bits per heavy atom. The highest BCUT2D eigenvalue weighted by atomic mass is 127. The van der Waals surface area contributed by atoms with Crippen molar-refractivity contribution in [1.29, 1.82) is 0 Å². The highest BCUT2D eigenvalue weighted by molar-refractivity contribution is 14.0. The lowest BCUT2D eigenvalue weighted by Crippen LogP contribution is -2.37. The van der Waals surface area contributed by atoms with E-state index in [1.54, 1.807) is 7.05 Å². The van der Waals surface area contributed by atoms with E-state index in [9.17, 15) is 0 Å². The number of fused-ring (bicyclic) bond motifs is 1. The van der Waals surface area contributed by atoms with E-state index in [1.807, 2.05) is 24.3 Å². The molecule has 156 valence electrons. The molecule has 0 radical (unpaired) electrons. The van der Waals surface area contributed by atoms with Crippen molar-refractivity contribution in [3.8, 4) is 5.75 Å². The molecule has 0 aliphatic heterocycles. The summed E-state index contributed by atoms with van der Waals surface area (Å²) in [6.45, 7) is 6.14. The van der Waals surface area contributed by atoms with Crippen LogP contribution in [0.4, 0.5) is 0 Å². The molecule has 0 aliphatic carbocycles. The molecule has 6 nitrogen and oxygen atoms in total. The second kappa shape index (κ2) is 11.6. The minimum Gasteiger partial charge on any atom is -0.494 e. The number of nitrogens with one attached hydrogen (secondary N) is 2. The largest absolute Gasteiger partial charge is 0.494 e. The molecule has 29 heavy (non-hydrogen) atoms. The third-order valence-electron chi connectivity index (χ3n) is 4.43. The van der Waals surface area contributed by atoms with Crippen LogP contribution in [0.3, 0.4) is 0 Å². The van der Waals surface area contributed by atoms with Crippen LogP contribution in [0.25, 0.3) is 10.8 Å². The van der Waals surface area contributed by atoms with Gasteiger partial charge in [0.1, 0.15) is 5.75 Å². The van der Waals surface area contributed by atoms with E-state index < -0.39 is 0 Å². The summed E-state index contributed by atoms with van der Waals surface area (Å²) < 4.78 is 11.2. The van der Waals surface area contributed by atoms with Crippen molar-refractivity contribution < 1.29 is 9.26 Å². The molecule has 0 saturated heterocycles. The lowest BCUT2D eigenvalue weighted by atomic mass is 10.1. The maximum Gasteiger partial charge on any atom is 0.191 e. The van der Waals surface area contributed by atoms with Crippen LogP contribution in [-0.2, 0) is 6.54 Å². The van der Waals surface area contributed by atoms with Gasteiger partial charge in [-0.1, -0.05) is 49.3 Å². The van der Waals surface area contributed by atoms with E-state index in [0.717, 1.165) is 36.1 Å². The molecule has 0 atom stereocenters. The molecule has 3 rings (SSSR count). The number of halogens is 1. The molecular weight excluding hydrogens is 479 g/mol. The number of benzene rings is 2. The van der Waals surface area contributed by atoms with Crippen molar-refractivity contribution in [2.75, 3.05) is 20.2 Å². The van der Waals surface area contributed by atoms with Crippen LogP contribution in [0.15, 0.2) is 58.0 Å². The number of aromatic nitrogens is 1. The van der Waals surface area contributed by atoms with Crippen LogP contribution in [0.1, 0.15) is 37.6 Å². The fourth-order valence-electron chi connectivity index (χ4n) is 2.80. The third-order valence-corrected chi connectivity index (χ3v) is 4.43. The van der Waals surface area contributed by atoms with E-state index in [-0.39, 0.29) is 24.0 Å². The first-order valence-corrected chi connectivity index (χ1v) is 9.67. The molecule has 0 bridgehead atoms. The Bertz CT molecular complexity index is 924. The van der Waals surface area contributed by atoms with Crippen LogP contribution >= 0.6 is 24.0 Å². The Kier molecular flexibility index (Phi) is 9.24. The average Bonchev–Trinajstić information content (AvgIpc) is 3.19. The van der Waals surface area contributed by atoms with Crippen LogP contribution in [0.5, 0.6) is 5.75 Å². The van der Waals surface area contributed by atoms with Crippen LogP contribution < -0.4 is 15.4 Å². The van der Waals surface area contributed by atoms with Gasteiger partial charge in [0.15, 0.2) is 11.7 Å². The van der Waals surface area contributed by atoms with E-state index in [1.165, 1.54) is 10.8 Å². The first kappa shape index (κ1) is 23.0. The zero-order valence-corrected chi connectivity index (χ0v) is 19.5. The number of rotatable bonds is 8. The number of hydrogen-bond donors (Lipinski definition) is 2. The number of guanidine groups is 1. The summed E-state index contributed by atoms with van der Waals surface area (Å²) >= 11 is 0. The van der Waals surface area contributed by atoms with Gasteiger partial charge in [0.25, 0.3) is 0 Å². The quantitative estimate of drug-likeness (QED) is 0.200. The minimum absolute atomic E-state index is 0. The summed E-state index contributed by atoms with van der Waals surface area (Å²) in [5.41, 5.74) is 0.964. The molecule has 2 aromatic carbocycles. The van der Waals surface area contributed by atoms with Gasteiger partial charge in [-0.3, -0.25) is 4.99 Å². The van der Waals surface area contributed by atoms with Gasteiger partial charge in [-0.25, -0.2) is 0 Å². The fourth-order valence-corrected chi connectivity index (χ4v) is 2.80. The molecule has 0 saturated carbocycles. The van der Waals surface area contributed by atoms with Gasteiger partial charge < -0.3 is 19.9 Å². The Morgan fingerprint density at radius 1 is 1.10 bits per heavy atom. The van der Waals surface area contributed by atoms with E-state index >= 15 is 0 Å². The maximum absolute atomic E-state index is 5.86. The third kappa shape index (κ3) is 6.92. The molecule has 0 aliphatic rings. The van der Waals surface area contributed by atoms with Gasteiger partial charge in [-0.2, -0.15) is 0 Å². The number of ether oxygens (including phenoxy) is 1. The van der Waals surface area contributed by atoms with Crippen molar-refractivity contribution in [2.45, 2.75) is 32.7 Å². The number of aliphatic imine (C=N–C) groups is 1. The second-order valence-corrected chi connectivity index (χ2v) is 6.94. The summed E-state index contributed by atoms with van der Waals surface area (Å²) in [6, 6.07) is 16.4. The van der Waals surface area contributed by atoms with E-state index in [4.69, 9.17) is 9.26 Å². The van der Waals surface area contributed by atoms with Crippen molar-refractivity contribution in [1.82, 2.24) is 15.8 Å². The summed E-state index contributed by atoms with van der Waals surface area (Å²) in [5, 5.41) is 13.0. The molecule has 1 heterocycles. The predicted octanol–water partition coefficient (Wildman–Crippen LogP) is 4.70. The molecule has 2 N–H and O–H groups in total. The van der Waals surface area contributed by atoms with Crippen molar-refractivity contribution >= 4 is 40.7 Å². The second-order valence-electron chi connectivity index (χ2n) is 6.94. The highest BCUT2D eigenvalue weighted by Crippen LogP contribution is 2.20. The molecule has 1 aromatic heterocycles. The first-order chi connectivity index (χ1) is 13.7. The Labute approximate surface area is 189 Å². The van der Waals surface area contributed by atoms with E-state index in [2.05, 4.69) is 58.9 Å². The minimum atomic E-state index is 0. The molecule has 0 unspecified atom stereocenters. The smallest absolute Gasteiger partial charge is 0.191 e. The summed E-state index contributed by atoms with van der Waals surface area (Å²) in [7, 11) is 1.75. The van der Waals surface area contributed by atoms with Gasteiger partial charge in [0, 0.05) is 19.7 Å². The summed E-state index contributed by atoms with van der Waals surface area (Å²) in [6.07, 6.45) is 0.868. The first-order valence-electron chi connectivity index (χ1n) is 9.67. The topological polar surface area (TPSA) is 71.7 Å². The maximum atomic E-state index is 5.86. The number of hydrogen-bond acceptors (Lipinski definition) is 4. The molecular formula is C22H29IN4O2. The van der Waals surface area contributed by atoms with Crippen molar-refractivity contribution in [3.05, 3.63) is 60.0 Å². The highest BCUT2D eigenvalue weighted by Gasteiger charge is 2.08. The van der Waals surface area contributed by atoms with Crippen molar-refractivity contribution in [3.63, 3.8) is 0 Å². The lowest BCUT2D eigenvalue weighted by Gasteiger charge is -2.11. The fraction of sp³-hybridized carbons (Fsp3) is 0.364. The van der Waals surface area contributed by atoms with Crippen LogP contribution in [0.2, 0.25) is 0 Å². The van der Waals surface area contributed by atoms with Crippen molar-refractivity contribution in [2.24, 2.45) is 4.99 Å². The zero-order valence-electron chi connectivity index (χ0n) is 17.1. The summed E-state index contributed by atoms with van der Waals surface area (Å²) in [5.74, 6) is 2.78. The predicted molar refractivity (Wildman–Crippen MR) is 128 cm³/mol. The molecule has 3 aromatic rings. The zero-order chi connectivity index (χ0) is 19.8. The Hall–Kier alpha value is -2.29. The lowest BCUT2D eigenvalue weighted by molar-refractivity contribution is 0.311. The Balaban J connectivity index is 0.00000300. The van der Waals surface area contributed by atoms with Crippen LogP contribution in [-0.4, -0.2) is 31.3 Å². The normalized spacial score (nSPS) is 11.4. The van der Waals surface area contributed by atoms with Gasteiger partial charge in [-0.15, -0.1) is 24.0 Å². The Morgan fingerprint density at radius 2 is 1.90 bits per heavy atom. The standard InChI is InChI=1S/C22H28N4O2.HI/c1-16(2)21-14-20(28-26-21)15-25-22(23-3)24-11-6-12-27-19-10-9-17-7-4-5-8-18(17)13-19;/h4-5,7-10,13-14,16H,6,11-12,15H2,1-3H3,(H2,23,24,25);1H. The van der Waals surface area contributed by atoms with Crippen LogP contribution in [0, 0.1) is 0 Å². The van der Waals surface area contributed by atoms with Gasteiger partial charge in [-0.05, 0) is 35.2 Å². The van der Waals surface area contributed by atoms with Gasteiger partial charge >= 0.3 is 0 Å².